The molecule has 2 rings (SSSR count). The summed E-state index contributed by atoms with van der Waals surface area (Å²) < 4.78 is 0. The van der Waals surface area contributed by atoms with Crippen LogP contribution in [-0.2, 0) is 0 Å². The first-order valence-electron chi connectivity index (χ1n) is 6.15. The van der Waals surface area contributed by atoms with Crippen LogP contribution in [0.3, 0.4) is 0 Å². The molecule has 0 aromatic heterocycles. The highest BCUT2D eigenvalue weighted by Gasteiger charge is 2.34. The minimum Gasteiger partial charge on any atom is -0.394 e. The van der Waals surface area contributed by atoms with Gasteiger partial charge in [0.25, 0.3) is 0 Å². The Balaban J connectivity index is 1.76. The Morgan fingerprint density at radius 1 is 1.47 bits per heavy atom. The Labute approximate surface area is 97.2 Å². The van der Waals surface area contributed by atoms with E-state index >= 15 is 0 Å². The van der Waals surface area contributed by atoms with Crippen LogP contribution >= 0.6 is 11.8 Å². The van der Waals surface area contributed by atoms with Crippen LogP contribution in [0.25, 0.3) is 0 Å². The Hall–Kier alpha value is 0.270. The quantitative estimate of drug-likeness (QED) is 0.775. The van der Waals surface area contributed by atoms with E-state index in [4.69, 9.17) is 0 Å². The second-order valence-corrected chi connectivity index (χ2v) is 6.64. The Morgan fingerprint density at radius 2 is 2.33 bits per heavy atom. The molecule has 0 bridgehead atoms. The number of aliphatic hydroxyl groups excluding tert-OH is 1. The topological polar surface area (TPSA) is 32.3 Å². The first-order valence-corrected chi connectivity index (χ1v) is 7.31. The van der Waals surface area contributed by atoms with Crippen LogP contribution in [0.4, 0.5) is 0 Å². The Morgan fingerprint density at radius 3 is 2.93 bits per heavy atom. The lowest BCUT2D eigenvalue weighted by Gasteiger charge is -2.25. The summed E-state index contributed by atoms with van der Waals surface area (Å²) >= 11 is 2.12. The van der Waals surface area contributed by atoms with Crippen LogP contribution in [0.15, 0.2) is 0 Å². The summed E-state index contributed by atoms with van der Waals surface area (Å²) in [5.74, 6) is 4.47. The Kier molecular flexibility index (Phi) is 3.97. The number of nitrogens with one attached hydrogen (secondary N) is 1. The smallest absolute Gasteiger partial charge is 0.0610 e. The molecule has 2 aliphatic rings. The SMILES string of the molecule is CC1(CO)CC(CC2CCCSC2)CN1. The van der Waals surface area contributed by atoms with Gasteiger partial charge in [-0.05, 0) is 62.5 Å². The highest BCUT2D eigenvalue weighted by Crippen LogP contribution is 2.33. The van der Waals surface area contributed by atoms with Gasteiger partial charge in [0.2, 0.25) is 0 Å². The molecule has 2 aliphatic heterocycles. The third kappa shape index (κ3) is 3.11. The molecular weight excluding hydrogens is 206 g/mol. The summed E-state index contributed by atoms with van der Waals surface area (Å²) in [6, 6.07) is 0. The molecule has 3 unspecified atom stereocenters. The maximum absolute atomic E-state index is 9.28. The van der Waals surface area contributed by atoms with Gasteiger partial charge in [-0.25, -0.2) is 0 Å². The van der Waals surface area contributed by atoms with Crippen LogP contribution in [0.1, 0.15) is 32.6 Å². The van der Waals surface area contributed by atoms with Crippen molar-refractivity contribution < 1.29 is 5.11 Å². The molecule has 2 saturated heterocycles. The van der Waals surface area contributed by atoms with Gasteiger partial charge in [-0.2, -0.15) is 11.8 Å². The summed E-state index contributed by atoms with van der Waals surface area (Å²) in [6.45, 7) is 3.53. The van der Waals surface area contributed by atoms with Gasteiger partial charge in [-0.15, -0.1) is 0 Å². The predicted molar refractivity (Wildman–Crippen MR) is 66.3 cm³/mol. The minimum absolute atomic E-state index is 0.00642. The van der Waals surface area contributed by atoms with E-state index in [-0.39, 0.29) is 12.1 Å². The van der Waals surface area contributed by atoms with Crippen LogP contribution in [-0.4, -0.2) is 35.3 Å². The van der Waals surface area contributed by atoms with E-state index in [0.717, 1.165) is 24.8 Å². The van der Waals surface area contributed by atoms with E-state index in [2.05, 4.69) is 24.0 Å². The molecule has 0 spiro atoms. The van der Waals surface area contributed by atoms with E-state index in [0.29, 0.717) is 0 Å². The number of rotatable bonds is 3. The normalized spacial score (nSPS) is 42.0. The van der Waals surface area contributed by atoms with Gasteiger partial charge in [-0.3, -0.25) is 0 Å². The van der Waals surface area contributed by atoms with Crippen LogP contribution in [0.2, 0.25) is 0 Å². The molecule has 3 atom stereocenters. The van der Waals surface area contributed by atoms with Crippen molar-refractivity contribution in [3.8, 4) is 0 Å². The van der Waals surface area contributed by atoms with Crippen molar-refractivity contribution in [2.45, 2.75) is 38.1 Å². The molecular formula is C12H23NOS. The molecule has 2 heterocycles. The number of aliphatic hydroxyl groups is 1. The van der Waals surface area contributed by atoms with Crippen LogP contribution < -0.4 is 5.32 Å². The molecule has 0 amide bonds. The summed E-state index contributed by atoms with van der Waals surface area (Å²) in [5.41, 5.74) is 0.00642. The fourth-order valence-electron chi connectivity index (χ4n) is 2.92. The molecule has 88 valence electrons. The molecule has 2 nitrogen and oxygen atoms in total. The van der Waals surface area contributed by atoms with Gasteiger partial charge in [0.15, 0.2) is 0 Å². The van der Waals surface area contributed by atoms with Gasteiger partial charge in [0.05, 0.1) is 6.61 Å². The summed E-state index contributed by atoms with van der Waals surface area (Å²) in [4.78, 5) is 0. The van der Waals surface area contributed by atoms with Crippen molar-refractivity contribution in [1.82, 2.24) is 5.32 Å². The van der Waals surface area contributed by atoms with Crippen molar-refractivity contribution in [2.75, 3.05) is 24.7 Å². The number of thioether (sulfide) groups is 1. The van der Waals surface area contributed by atoms with Gasteiger partial charge < -0.3 is 10.4 Å². The minimum atomic E-state index is 0.00642. The van der Waals surface area contributed by atoms with E-state index < -0.39 is 0 Å². The largest absolute Gasteiger partial charge is 0.394 e. The highest BCUT2D eigenvalue weighted by molar-refractivity contribution is 7.99. The molecule has 3 heteroatoms. The van der Waals surface area contributed by atoms with Crippen molar-refractivity contribution in [3.63, 3.8) is 0 Å². The zero-order valence-corrected chi connectivity index (χ0v) is 10.5. The molecule has 2 fully saturated rings. The zero-order valence-electron chi connectivity index (χ0n) is 9.67. The van der Waals surface area contributed by atoms with Crippen molar-refractivity contribution in [3.05, 3.63) is 0 Å². The molecule has 2 N–H and O–H groups in total. The monoisotopic (exact) mass is 229 g/mol. The maximum atomic E-state index is 9.28. The zero-order chi connectivity index (χ0) is 10.7. The van der Waals surface area contributed by atoms with E-state index in [1.54, 1.807) is 0 Å². The fourth-order valence-corrected chi connectivity index (χ4v) is 4.10. The average Bonchev–Trinajstić information content (AvgIpc) is 2.63. The van der Waals surface area contributed by atoms with E-state index in [1.165, 1.54) is 30.8 Å². The summed E-state index contributed by atoms with van der Waals surface area (Å²) in [5, 5.41) is 12.7. The summed E-state index contributed by atoms with van der Waals surface area (Å²) in [6.07, 6.45) is 5.37. The second-order valence-electron chi connectivity index (χ2n) is 5.49. The van der Waals surface area contributed by atoms with Gasteiger partial charge in [-0.1, -0.05) is 0 Å². The average molecular weight is 229 g/mol. The van der Waals surface area contributed by atoms with E-state index in [9.17, 15) is 5.11 Å². The lowest BCUT2D eigenvalue weighted by molar-refractivity contribution is 0.187. The number of hydrogen-bond donors (Lipinski definition) is 2. The molecule has 0 saturated carbocycles. The van der Waals surface area contributed by atoms with Crippen LogP contribution in [0, 0.1) is 11.8 Å². The van der Waals surface area contributed by atoms with Crippen molar-refractivity contribution >= 4 is 11.8 Å². The summed E-state index contributed by atoms with van der Waals surface area (Å²) in [7, 11) is 0. The van der Waals surface area contributed by atoms with Crippen molar-refractivity contribution in [1.29, 1.82) is 0 Å². The fraction of sp³-hybridized carbons (Fsp3) is 1.00. The van der Waals surface area contributed by atoms with Gasteiger partial charge >= 0.3 is 0 Å². The molecule has 0 aromatic carbocycles. The third-order valence-electron chi connectivity index (χ3n) is 3.83. The number of hydrogen-bond acceptors (Lipinski definition) is 3. The second kappa shape index (κ2) is 5.07. The maximum Gasteiger partial charge on any atom is 0.0610 e. The van der Waals surface area contributed by atoms with Gasteiger partial charge in [0, 0.05) is 5.54 Å². The third-order valence-corrected chi connectivity index (χ3v) is 5.11. The first kappa shape index (κ1) is 11.7. The lowest BCUT2D eigenvalue weighted by Crippen LogP contribution is -2.39. The predicted octanol–water partition coefficient (Wildman–Crippen LogP) is 1.88. The highest BCUT2D eigenvalue weighted by atomic mass is 32.2. The standard InChI is InChI=1S/C12H23NOS/c1-12(9-14)6-11(7-13-12)5-10-3-2-4-15-8-10/h10-11,13-14H,2-9H2,1H3. The Bertz CT molecular complexity index is 206. The van der Waals surface area contributed by atoms with Crippen LogP contribution in [0.5, 0.6) is 0 Å². The molecule has 0 aromatic rings. The first-order chi connectivity index (χ1) is 7.22. The molecule has 15 heavy (non-hydrogen) atoms. The lowest BCUT2D eigenvalue weighted by atomic mass is 9.87. The van der Waals surface area contributed by atoms with E-state index in [1.807, 2.05) is 0 Å². The molecule has 0 radical (unpaired) electrons. The molecule has 0 aliphatic carbocycles. The van der Waals surface area contributed by atoms with Gasteiger partial charge in [0.1, 0.15) is 0 Å². The van der Waals surface area contributed by atoms with Crippen molar-refractivity contribution in [2.24, 2.45) is 11.8 Å².